The second-order valence-electron chi connectivity index (χ2n) is 7.54. The molecule has 3 aromatic rings. The molecule has 10 nitrogen and oxygen atoms in total. The number of hydrogen-bond donors (Lipinski definition) is 1. The number of benzene rings is 2. The molecule has 0 saturated carbocycles. The highest BCUT2D eigenvalue weighted by Gasteiger charge is 2.14. The van der Waals surface area contributed by atoms with E-state index in [0.29, 0.717) is 17.2 Å². The lowest BCUT2D eigenvalue weighted by molar-refractivity contribution is 0.102. The van der Waals surface area contributed by atoms with Gasteiger partial charge in [0.1, 0.15) is 23.4 Å². The van der Waals surface area contributed by atoms with E-state index in [4.69, 9.17) is 9.47 Å². The van der Waals surface area contributed by atoms with Crippen LogP contribution in [0, 0.1) is 0 Å². The van der Waals surface area contributed by atoms with Crippen molar-refractivity contribution in [3.05, 3.63) is 66.1 Å². The summed E-state index contributed by atoms with van der Waals surface area (Å²) < 4.78 is 56.4. The minimum atomic E-state index is -3.34. The van der Waals surface area contributed by atoms with Crippen molar-refractivity contribution in [1.29, 1.82) is 0 Å². The van der Waals surface area contributed by atoms with Crippen LogP contribution in [0.1, 0.15) is 29.9 Å². The number of hydrogen-bond acceptors (Lipinski definition) is 9. The molecule has 0 aliphatic heterocycles. The molecule has 3 rings (SSSR count). The summed E-state index contributed by atoms with van der Waals surface area (Å²) in [5.41, 5.74) is 0.480. The van der Waals surface area contributed by atoms with Gasteiger partial charge in [-0.25, -0.2) is 22.5 Å². The van der Waals surface area contributed by atoms with E-state index in [0.717, 1.165) is 6.26 Å². The lowest BCUT2D eigenvalue weighted by Gasteiger charge is -2.14. The zero-order valence-electron chi connectivity index (χ0n) is 18.6. The van der Waals surface area contributed by atoms with Gasteiger partial charge in [0.2, 0.25) is 0 Å². The number of carbonyl (C=O) groups is 1. The Hall–Kier alpha value is -3.56. The zero-order chi connectivity index (χ0) is 24.9. The van der Waals surface area contributed by atoms with Crippen molar-refractivity contribution in [3.63, 3.8) is 0 Å². The molecule has 0 saturated heterocycles. The van der Waals surface area contributed by atoms with Crippen LogP contribution in [-0.4, -0.2) is 36.7 Å². The Morgan fingerprint density at radius 2 is 1.68 bits per heavy atom. The molecule has 2 aromatic carbocycles. The third kappa shape index (κ3) is 7.23. The molecule has 0 bridgehead atoms. The maximum atomic E-state index is 12.8. The summed E-state index contributed by atoms with van der Waals surface area (Å²) in [6.07, 6.45) is 3.25. The number of rotatable bonds is 9. The van der Waals surface area contributed by atoms with Crippen molar-refractivity contribution in [2.24, 2.45) is 0 Å². The van der Waals surface area contributed by atoms with Crippen molar-refractivity contribution in [2.75, 3.05) is 11.6 Å². The number of aromatic nitrogens is 2. The molecular formula is C22H22N3O7PS. The largest absolute Gasteiger partial charge is 0.491 e. The number of amides is 1. The highest BCUT2D eigenvalue weighted by Crippen LogP contribution is 2.29. The van der Waals surface area contributed by atoms with Crippen molar-refractivity contribution in [2.45, 2.75) is 31.0 Å². The van der Waals surface area contributed by atoms with Crippen LogP contribution in [0.5, 0.6) is 17.2 Å². The molecule has 0 aliphatic carbocycles. The second kappa shape index (κ2) is 10.6. The normalized spacial score (nSPS) is 11.2. The lowest BCUT2D eigenvalue weighted by atomic mass is 10.2. The third-order valence-corrected chi connectivity index (χ3v) is 5.95. The Kier molecular flexibility index (Phi) is 7.80. The van der Waals surface area contributed by atoms with Gasteiger partial charge in [-0.2, -0.15) is 0 Å². The van der Waals surface area contributed by atoms with Gasteiger partial charge in [0.25, 0.3) is 5.91 Å². The quantitative estimate of drug-likeness (QED) is 0.421. The highest BCUT2D eigenvalue weighted by atomic mass is 32.2. The van der Waals surface area contributed by atoms with Crippen LogP contribution in [0.15, 0.2) is 59.8 Å². The molecule has 0 fully saturated rings. The van der Waals surface area contributed by atoms with Crippen LogP contribution in [0.3, 0.4) is 0 Å². The molecule has 1 N–H and O–H groups in total. The van der Waals surface area contributed by atoms with Crippen molar-refractivity contribution >= 4 is 29.2 Å². The Labute approximate surface area is 197 Å². The number of nitrogens with zero attached hydrogens (tertiary/aromatic N) is 2. The fourth-order valence-corrected chi connectivity index (χ4v) is 3.87. The van der Waals surface area contributed by atoms with E-state index in [1.165, 1.54) is 42.7 Å². The van der Waals surface area contributed by atoms with Gasteiger partial charge in [0, 0.05) is 17.9 Å². The Morgan fingerprint density at radius 3 is 2.24 bits per heavy atom. The zero-order valence-corrected chi connectivity index (χ0v) is 20.3. The number of anilines is 1. The molecule has 0 atom stereocenters. The lowest BCUT2D eigenvalue weighted by Crippen LogP contribution is -2.14. The molecule has 1 amide bonds. The summed E-state index contributed by atoms with van der Waals surface area (Å²) in [6.45, 7) is 3.67. The minimum absolute atomic E-state index is 0.142. The van der Waals surface area contributed by atoms with Gasteiger partial charge in [-0.1, -0.05) is 0 Å². The fraction of sp³-hybridized carbons (Fsp3) is 0.227. The van der Waals surface area contributed by atoms with E-state index >= 15 is 0 Å². The summed E-state index contributed by atoms with van der Waals surface area (Å²) in [6, 6.07) is 10.5. The van der Waals surface area contributed by atoms with E-state index in [1.807, 2.05) is 13.8 Å². The van der Waals surface area contributed by atoms with Crippen LogP contribution in [0.4, 0.5) is 5.82 Å². The molecule has 0 unspecified atom stereocenters. The van der Waals surface area contributed by atoms with Crippen LogP contribution < -0.4 is 14.8 Å². The summed E-state index contributed by atoms with van der Waals surface area (Å²) in [5, 5.41) is 2.59. The maximum Gasteiger partial charge on any atom is 0.321 e. The summed E-state index contributed by atoms with van der Waals surface area (Å²) in [7, 11) is -5.97. The van der Waals surface area contributed by atoms with Crippen LogP contribution in [0.25, 0.3) is 0 Å². The predicted molar refractivity (Wildman–Crippen MR) is 124 cm³/mol. The smallest absolute Gasteiger partial charge is 0.321 e. The standard InChI is InChI=1S/C22H22N3O7PS/c1-14(2)31-18-8-15(22(26)25-21-12-23-16(11-24-21)13-33(27)28)9-19(10-18)32-17-4-6-20(7-5-17)34(3,29)30/h4-12,14H,13H2,1-3H3,(H,24,25,26). The van der Waals surface area contributed by atoms with Crippen LogP contribution in [-0.2, 0) is 25.1 Å². The van der Waals surface area contributed by atoms with Gasteiger partial charge in [-0.3, -0.25) is 9.78 Å². The van der Waals surface area contributed by atoms with E-state index in [1.54, 1.807) is 12.1 Å². The van der Waals surface area contributed by atoms with Crippen molar-refractivity contribution in [3.8, 4) is 17.2 Å². The molecule has 1 aromatic heterocycles. The number of sulfone groups is 1. The molecule has 1 heterocycles. The van der Waals surface area contributed by atoms with Gasteiger partial charge in [0.05, 0.1) is 29.1 Å². The first-order chi connectivity index (χ1) is 16.0. The average molecular weight is 503 g/mol. The average Bonchev–Trinajstić information content (AvgIpc) is 2.74. The molecule has 178 valence electrons. The molecule has 0 aliphatic rings. The minimum Gasteiger partial charge on any atom is -0.491 e. The summed E-state index contributed by atoms with van der Waals surface area (Å²) in [5.74, 6) is 0.702. The van der Waals surface area contributed by atoms with E-state index in [2.05, 4.69) is 15.3 Å². The number of nitrogens with one attached hydrogen (secondary N) is 1. The van der Waals surface area contributed by atoms with Gasteiger partial charge >= 0.3 is 7.68 Å². The predicted octanol–water partition coefficient (Wildman–Crippen LogP) is 4.38. The molecular weight excluding hydrogens is 481 g/mol. The summed E-state index contributed by atoms with van der Waals surface area (Å²) >= 11 is 0. The molecule has 0 radical (unpaired) electrons. The van der Waals surface area contributed by atoms with Crippen LogP contribution >= 0.6 is 7.68 Å². The second-order valence-corrected chi connectivity index (χ2v) is 10.5. The van der Waals surface area contributed by atoms with E-state index in [9.17, 15) is 22.3 Å². The Morgan fingerprint density at radius 1 is 1.00 bits per heavy atom. The number of carbonyl (C=O) groups excluding carboxylic acids is 1. The van der Waals surface area contributed by atoms with Crippen molar-refractivity contribution in [1.82, 2.24) is 9.97 Å². The SMILES string of the molecule is CC(C)Oc1cc(Oc2ccc(S(C)(=O)=O)cc2)cc(C(=O)Nc2cnc(CP(=O)=O)cn2)c1. The maximum absolute atomic E-state index is 12.8. The monoisotopic (exact) mass is 503 g/mol. The van der Waals surface area contributed by atoms with Gasteiger partial charge in [0.15, 0.2) is 15.7 Å². The third-order valence-electron chi connectivity index (χ3n) is 4.24. The number of ether oxygens (including phenoxy) is 2. The first-order valence-electron chi connectivity index (χ1n) is 10.0. The van der Waals surface area contributed by atoms with Crippen LogP contribution in [0.2, 0.25) is 0 Å². The fourth-order valence-electron chi connectivity index (χ4n) is 2.81. The van der Waals surface area contributed by atoms with Gasteiger partial charge in [-0.05, 0) is 50.2 Å². The van der Waals surface area contributed by atoms with Gasteiger partial charge < -0.3 is 14.8 Å². The highest BCUT2D eigenvalue weighted by molar-refractivity contribution is 7.90. The molecule has 12 heteroatoms. The van der Waals surface area contributed by atoms with E-state index in [-0.39, 0.29) is 34.2 Å². The van der Waals surface area contributed by atoms with Gasteiger partial charge in [-0.15, -0.1) is 0 Å². The first kappa shape index (κ1) is 25.1. The van der Waals surface area contributed by atoms with Crippen molar-refractivity contribution < 1.29 is 31.8 Å². The molecule has 0 spiro atoms. The topological polar surface area (TPSA) is 142 Å². The Bertz CT molecular complexity index is 1350. The van der Waals surface area contributed by atoms with E-state index < -0.39 is 23.4 Å². The summed E-state index contributed by atoms with van der Waals surface area (Å²) in [4.78, 5) is 21.0. The molecule has 34 heavy (non-hydrogen) atoms. The Balaban J connectivity index is 1.83. The first-order valence-corrected chi connectivity index (χ1v) is 13.3.